The molecule has 0 unspecified atom stereocenters. The van der Waals surface area contributed by atoms with E-state index in [1.54, 1.807) is 0 Å². The van der Waals surface area contributed by atoms with Gasteiger partial charge in [0.2, 0.25) is 5.88 Å². The molecule has 0 aliphatic rings. The number of hydrogen-bond acceptors (Lipinski definition) is 4. The molecule has 2 heterocycles. The molecule has 0 fully saturated rings. The van der Waals surface area contributed by atoms with Crippen LogP contribution in [0.15, 0.2) is 16.5 Å². The fourth-order valence-electron chi connectivity index (χ4n) is 1.85. The van der Waals surface area contributed by atoms with E-state index in [0.29, 0.717) is 12.5 Å². The Morgan fingerprint density at radius 1 is 1.37 bits per heavy atom. The van der Waals surface area contributed by atoms with Gasteiger partial charge in [-0.25, -0.2) is 0 Å². The molecule has 19 heavy (non-hydrogen) atoms. The van der Waals surface area contributed by atoms with Crippen LogP contribution in [0, 0.1) is 13.8 Å². The second-order valence-electron chi connectivity index (χ2n) is 4.65. The van der Waals surface area contributed by atoms with Gasteiger partial charge in [0.05, 0.1) is 0 Å². The van der Waals surface area contributed by atoms with Crippen LogP contribution >= 0.6 is 0 Å². The van der Waals surface area contributed by atoms with Crippen molar-refractivity contribution in [2.75, 3.05) is 6.54 Å². The maximum Gasteiger partial charge on any atom is 0.233 e. The van der Waals surface area contributed by atoms with Crippen molar-refractivity contribution < 1.29 is 9.15 Å². The SMILES string of the molecule is CCCNCc1cc(COc2cc(C)[nH]n2)oc1C. The molecular weight excluding hydrogens is 242 g/mol. The summed E-state index contributed by atoms with van der Waals surface area (Å²) >= 11 is 0. The first kappa shape index (κ1) is 13.7. The van der Waals surface area contributed by atoms with Crippen LogP contribution in [0.1, 0.15) is 36.1 Å². The van der Waals surface area contributed by atoms with Gasteiger partial charge < -0.3 is 14.5 Å². The molecule has 0 aliphatic carbocycles. The Morgan fingerprint density at radius 3 is 2.89 bits per heavy atom. The lowest BCUT2D eigenvalue weighted by Gasteiger charge is -1.99. The van der Waals surface area contributed by atoms with Crippen molar-refractivity contribution in [2.24, 2.45) is 0 Å². The van der Waals surface area contributed by atoms with Crippen LogP contribution in [0.2, 0.25) is 0 Å². The summed E-state index contributed by atoms with van der Waals surface area (Å²) in [6.45, 7) is 8.33. The maximum atomic E-state index is 5.67. The molecule has 0 atom stereocenters. The Kier molecular flexibility index (Phi) is 4.63. The molecule has 2 rings (SSSR count). The third-order valence-corrected chi connectivity index (χ3v) is 2.86. The summed E-state index contributed by atoms with van der Waals surface area (Å²) in [5.74, 6) is 2.36. The molecule has 2 aromatic heterocycles. The number of aromatic nitrogens is 2. The molecule has 0 aromatic carbocycles. The third-order valence-electron chi connectivity index (χ3n) is 2.86. The Hall–Kier alpha value is -1.75. The molecule has 0 radical (unpaired) electrons. The van der Waals surface area contributed by atoms with Gasteiger partial charge in [0.25, 0.3) is 0 Å². The van der Waals surface area contributed by atoms with Crippen molar-refractivity contribution in [3.8, 4) is 5.88 Å². The van der Waals surface area contributed by atoms with E-state index in [-0.39, 0.29) is 0 Å². The average Bonchev–Trinajstić information content (AvgIpc) is 2.94. The van der Waals surface area contributed by atoms with E-state index in [9.17, 15) is 0 Å². The summed E-state index contributed by atoms with van der Waals surface area (Å²) in [6, 6.07) is 3.90. The molecule has 2 aromatic rings. The van der Waals surface area contributed by atoms with Gasteiger partial charge in [-0.05, 0) is 32.9 Å². The topological polar surface area (TPSA) is 63.1 Å². The minimum Gasteiger partial charge on any atom is -0.468 e. The molecular formula is C14H21N3O2. The first-order chi connectivity index (χ1) is 9.19. The van der Waals surface area contributed by atoms with Gasteiger partial charge in [0.15, 0.2) is 0 Å². The molecule has 0 bridgehead atoms. The van der Waals surface area contributed by atoms with Crippen LogP contribution in [0.4, 0.5) is 0 Å². The Balaban J connectivity index is 1.88. The number of rotatable bonds is 7. The molecule has 0 amide bonds. The average molecular weight is 263 g/mol. The number of nitrogens with zero attached hydrogens (tertiary/aromatic N) is 1. The number of ether oxygens (including phenoxy) is 1. The molecule has 0 aliphatic heterocycles. The van der Waals surface area contributed by atoms with Crippen LogP contribution in [-0.4, -0.2) is 16.7 Å². The predicted octanol–water partition coefficient (Wildman–Crippen LogP) is 2.70. The largest absolute Gasteiger partial charge is 0.468 e. The minimum atomic E-state index is 0.402. The van der Waals surface area contributed by atoms with Crippen molar-refractivity contribution in [1.29, 1.82) is 0 Å². The van der Waals surface area contributed by atoms with E-state index in [2.05, 4.69) is 22.4 Å². The quantitative estimate of drug-likeness (QED) is 0.754. The smallest absolute Gasteiger partial charge is 0.233 e. The second-order valence-corrected chi connectivity index (χ2v) is 4.65. The number of nitrogens with one attached hydrogen (secondary N) is 2. The lowest BCUT2D eigenvalue weighted by molar-refractivity contribution is 0.258. The molecule has 5 heteroatoms. The van der Waals surface area contributed by atoms with Crippen molar-refractivity contribution >= 4 is 0 Å². The third kappa shape index (κ3) is 3.86. The zero-order chi connectivity index (χ0) is 13.7. The van der Waals surface area contributed by atoms with E-state index >= 15 is 0 Å². The second kappa shape index (κ2) is 6.43. The number of aryl methyl sites for hydroxylation is 2. The monoisotopic (exact) mass is 263 g/mol. The number of furan rings is 1. The molecule has 5 nitrogen and oxygen atoms in total. The van der Waals surface area contributed by atoms with E-state index in [4.69, 9.17) is 9.15 Å². The zero-order valence-electron chi connectivity index (χ0n) is 11.7. The summed E-state index contributed by atoms with van der Waals surface area (Å²) in [5.41, 5.74) is 2.17. The van der Waals surface area contributed by atoms with E-state index in [0.717, 1.165) is 36.7 Å². The molecule has 104 valence electrons. The first-order valence-electron chi connectivity index (χ1n) is 6.62. The van der Waals surface area contributed by atoms with Gasteiger partial charge in [0, 0.05) is 23.9 Å². The first-order valence-corrected chi connectivity index (χ1v) is 6.62. The van der Waals surface area contributed by atoms with Crippen LogP contribution in [-0.2, 0) is 13.2 Å². The molecule has 2 N–H and O–H groups in total. The van der Waals surface area contributed by atoms with Crippen LogP contribution in [0.25, 0.3) is 0 Å². The van der Waals surface area contributed by atoms with Crippen LogP contribution < -0.4 is 10.1 Å². The van der Waals surface area contributed by atoms with Gasteiger partial charge in [-0.15, -0.1) is 5.10 Å². The van der Waals surface area contributed by atoms with Gasteiger partial charge in [-0.3, -0.25) is 5.10 Å². The van der Waals surface area contributed by atoms with Crippen molar-refractivity contribution in [3.05, 3.63) is 34.9 Å². The minimum absolute atomic E-state index is 0.402. The fraction of sp³-hybridized carbons (Fsp3) is 0.500. The van der Waals surface area contributed by atoms with E-state index in [1.165, 1.54) is 5.56 Å². The summed E-state index contributed by atoms with van der Waals surface area (Å²) in [7, 11) is 0. The maximum absolute atomic E-state index is 5.67. The normalized spacial score (nSPS) is 10.9. The van der Waals surface area contributed by atoms with Gasteiger partial charge in [-0.2, -0.15) is 0 Å². The van der Waals surface area contributed by atoms with Gasteiger partial charge in [-0.1, -0.05) is 6.92 Å². The molecule has 0 saturated heterocycles. The number of hydrogen-bond donors (Lipinski definition) is 2. The highest BCUT2D eigenvalue weighted by atomic mass is 16.5. The Morgan fingerprint density at radius 2 is 2.21 bits per heavy atom. The Labute approximate surface area is 113 Å². The standard InChI is InChI=1S/C14H21N3O2/c1-4-5-15-8-12-7-13(19-11(12)3)9-18-14-6-10(2)16-17-14/h6-7,15H,4-5,8-9H2,1-3H3,(H,16,17). The van der Waals surface area contributed by atoms with E-state index in [1.807, 2.05) is 26.0 Å². The summed E-state index contributed by atoms with van der Waals surface area (Å²) in [4.78, 5) is 0. The lowest BCUT2D eigenvalue weighted by Crippen LogP contribution is -2.13. The number of H-pyrrole nitrogens is 1. The molecule has 0 saturated carbocycles. The van der Waals surface area contributed by atoms with Gasteiger partial charge in [0.1, 0.15) is 18.1 Å². The highest BCUT2D eigenvalue weighted by molar-refractivity contribution is 5.21. The van der Waals surface area contributed by atoms with Crippen molar-refractivity contribution in [1.82, 2.24) is 15.5 Å². The highest BCUT2D eigenvalue weighted by Gasteiger charge is 2.08. The van der Waals surface area contributed by atoms with Crippen LogP contribution in [0.3, 0.4) is 0 Å². The fourth-order valence-corrected chi connectivity index (χ4v) is 1.85. The highest BCUT2D eigenvalue weighted by Crippen LogP contribution is 2.17. The van der Waals surface area contributed by atoms with E-state index < -0.39 is 0 Å². The van der Waals surface area contributed by atoms with Gasteiger partial charge >= 0.3 is 0 Å². The molecule has 0 spiro atoms. The predicted molar refractivity (Wildman–Crippen MR) is 73.1 cm³/mol. The summed E-state index contributed by atoms with van der Waals surface area (Å²) < 4.78 is 11.2. The van der Waals surface area contributed by atoms with Crippen LogP contribution in [0.5, 0.6) is 5.88 Å². The summed E-state index contributed by atoms with van der Waals surface area (Å²) in [5, 5.41) is 10.2. The van der Waals surface area contributed by atoms with Crippen molar-refractivity contribution in [3.63, 3.8) is 0 Å². The number of aromatic amines is 1. The lowest BCUT2D eigenvalue weighted by atomic mass is 10.2. The zero-order valence-corrected chi connectivity index (χ0v) is 11.7. The Bertz CT molecular complexity index is 516. The van der Waals surface area contributed by atoms with Crippen molar-refractivity contribution in [2.45, 2.75) is 40.3 Å². The summed E-state index contributed by atoms with van der Waals surface area (Å²) in [6.07, 6.45) is 1.13.